The van der Waals surface area contributed by atoms with E-state index in [-0.39, 0.29) is 11.9 Å². The van der Waals surface area contributed by atoms with Gasteiger partial charge in [0.1, 0.15) is 13.2 Å². The highest BCUT2D eigenvalue weighted by molar-refractivity contribution is 8.01. The largest absolute Gasteiger partial charge is 0.486 e. The number of fused-ring (bicyclic) bond motifs is 1. The highest BCUT2D eigenvalue weighted by atomic mass is 32.2. The summed E-state index contributed by atoms with van der Waals surface area (Å²) in [7, 11) is 1.79. The van der Waals surface area contributed by atoms with Gasteiger partial charge in [-0.25, -0.2) is 0 Å². The van der Waals surface area contributed by atoms with E-state index in [1.807, 2.05) is 25.1 Å². The van der Waals surface area contributed by atoms with Crippen LogP contribution in [0.4, 0.5) is 5.13 Å². The van der Waals surface area contributed by atoms with Gasteiger partial charge < -0.3 is 20.1 Å². The van der Waals surface area contributed by atoms with Gasteiger partial charge in [0.25, 0.3) is 0 Å². The molecule has 1 aliphatic rings. The monoisotopic (exact) mass is 366 g/mol. The summed E-state index contributed by atoms with van der Waals surface area (Å²) in [5, 5.41) is 14.6. The molecule has 24 heavy (non-hydrogen) atoms. The predicted molar refractivity (Wildman–Crippen MR) is 94.2 cm³/mol. The van der Waals surface area contributed by atoms with Crippen LogP contribution >= 0.6 is 23.1 Å². The van der Waals surface area contributed by atoms with Crippen LogP contribution in [0.25, 0.3) is 0 Å². The molecule has 2 N–H and O–H groups in total. The first kappa shape index (κ1) is 16.8. The van der Waals surface area contributed by atoms with Crippen molar-refractivity contribution >= 4 is 34.1 Å². The quantitative estimate of drug-likeness (QED) is 0.759. The number of carbonyl (C=O) groups is 1. The average molecular weight is 366 g/mol. The highest BCUT2D eigenvalue weighted by Gasteiger charge is 2.16. The van der Waals surface area contributed by atoms with Gasteiger partial charge in [0.2, 0.25) is 11.0 Å². The zero-order valence-corrected chi connectivity index (χ0v) is 15.0. The van der Waals surface area contributed by atoms with Crippen molar-refractivity contribution in [1.29, 1.82) is 0 Å². The molecule has 3 rings (SSSR count). The lowest BCUT2D eigenvalue weighted by Gasteiger charge is -2.21. The van der Waals surface area contributed by atoms with Gasteiger partial charge in [-0.3, -0.25) is 4.79 Å². The van der Waals surface area contributed by atoms with Crippen molar-refractivity contribution in [3.8, 4) is 11.5 Å². The molecule has 1 aromatic carbocycles. The van der Waals surface area contributed by atoms with Gasteiger partial charge in [-0.2, -0.15) is 0 Å². The third-order valence-electron chi connectivity index (χ3n) is 3.39. The summed E-state index contributed by atoms with van der Waals surface area (Å²) < 4.78 is 11.8. The molecule has 0 fully saturated rings. The van der Waals surface area contributed by atoms with Gasteiger partial charge in [0.15, 0.2) is 15.8 Å². The zero-order valence-electron chi connectivity index (χ0n) is 13.4. The summed E-state index contributed by atoms with van der Waals surface area (Å²) in [4.78, 5) is 12.1. The summed E-state index contributed by atoms with van der Waals surface area (Å²) in [6.07, 6.45) is 0. The molecule has 1 atom stereocenters. The van der Waals surface area contributed by atoms with Gasteiger partial charge in [-0.1, -0.05) is 29.2 Å². The molecule has 0 aliphatic carbocycles. The van der Waals surface area contributed by atoms with E-state index in [1.54, 1.807) is 7.05 Å². The number of nitrogens with zero attached hydrogens (tertiary/aromatic N) is 2. The van der Waals surface area contributed by atoms with Crippen molar-refractivity contribution in [3.63, 3.8) is 0 Å². The molecule has 1 aliphatic heterocycles. The predicted octanol–water partition coefficient (Wildman–Crippen LogP) is 2.32. The molecule has 2 aromatic rings. The number of thioether (sulfide) groups is 1. The third-order valence-corrected chi connectivity index (χ3v) is 5.46. The Labute approximate surface area is 148 Å². The lowest BCUT2D eigenvalue weighted by atomic mass is 10.1. The van der Waals surface area contributed by atoms with E-state index >= 15 is 0 Å². The Bertz CT molecular complexity index is 722. The number of aromatic nitrogens is 2. The van der Waals surface area contributed by atoms with E-state index in [0.717, 1.165) is 26.5 Å². The summed E-state index contributed by atoms with van der Waals surface area (Å²) in [6, 6.07) is 5.62. The molecular weight excluding hydrogens is 348 g/mol. The second-order valence-electron chi connectivity index (χ2n) is 5.10. The number of anilines is 1. The standard InChI is InChI=1S/C15H18N4O3S2/c1-9(10-3-4-11-12(7-10)22-6-5-21-11)17-13(20)8-23-15-19-18-14(16-2)24-15/h3-4,7,9H,5-6,8H2,1-2H3,(H,16,18)(H,17,20)/t9-/m1/s1. The van der Waals surface area contributed by atoms with E-state index in [2.05, 4.69) is 20.8 Å². The Hall–Kier alpha value is -2.00. The Kier molecular flexibility index (Phi) is 5.41. The Morgan fingerprint density at radius 2 is 2.12 bits per heavy atom. The maximum atomic E-state index is 12.1. The minimum absolute atomic E-state index is 0.0522. The van der Waals surface area contributed by atoms with E-state index in [0.29, 0.717) is 19.0 Å². The van der Waals surface area contributed by atoms with Crippen molar-refractivity contribution in [3.05, 3.63) is 23.8 Å². The van der Waals surface area contributed by atoms with Crippen LogP contribution in [0.5, 0.6) is 11.5 Å². The van der Waals surface area contributed by atoms with Gasteiger partial charge in [-0.05, 0) is 24.6 Å². The second kappa shape index (κ2) is 7.71. The third kappa shape index (κ3) is 4.09. The summed E-state index contributed by atoms with van der Waals surface area (Å²) in [6.45, 7) is 3.05. The summed E-state index contributed by atoms with van der Waals surface area (Å²) in [5.41, 5.74) is 0.978. The average Bonchev–Trinajstić information content (AvgIpc) is 3.07. The fourth-order valence-corrected chi connectivity index (χ4v) is 3.71. The SMILES string of the molecule is CNc1nnc(SCC(=O)N[C@H](C)c2ccc3c(c2)OCCO3)s1. The Morgan fingerprint density at radius 1 is 1.33 bits per heavy atom. The van der Waals surface area contributed by atoms with Crippen molar-refractivity contribution in [2.24, 2.45) is 0 Å². The number of carbonyl (C=O) groups excluding carboxylic acids is 1. The number of nitrogens with one attached hydrogen (secondary N) is 2. The smallest absolute Gasteiger partial charge is 0.230 e. The number of ether oxygens (including phenoxy) is 2. The van der Waals surface area contributed by atoms with E-state index in [9.17, 15) is 4.79 Å². The van der Waals surface area contributed by atoms with Crippen LogP contribution in [0.1, 0.15) is 18.5 Å². The minimum atomic E-state index is -0.115. The normalized spacial score (nSPS) is 14.1. The van der Waals surface area contributed by atoms with E-state index in [1.165, 1.54) is 23.1 Å². The summed E-state index contributed by atoms with van der Waals surface area (Å²) in [5.74, 6) is 1.72. The molecule has 0 saturated carbocycles. The number of benzene rings is 1. The molecule has 7 nitrogen and oxygen atoms in total. The first-order valence-electron chi connectivity index (χ1n) is 7.48. The number of hydrogen-bond donors (Lipinski definition) is 2. The molecule has 0 bridgehead atoms. The molecule has 0 spiro atoms. The maximum Gasteiger partial charge on any atom is 0.230 e. The van der Waals surface area contributed by atoms with Crippen LogP contribution < -0.4 is 20.1 Å². The second-order valence-corrected chi connectivity index (χ2v) is 7.30. The lowest BCUT2D eigenvalue weighted by Crippen LogP contribution is -2.28. The van der Waals surface area contributed by atoms with Crippen LogP contribution in [0.3, 0.4) is 0 Å². The Balaban J connectivity index is 1.53. The fraction of sp³-hybridized carbons (Fsp3) is 0.400. The highest BCUT2D eigenvalue weighted by Crippen LogP contribution is 2.32. The van der Waals surface area contributed by atoms with Crippen LogP contribution in [0.15, 0.2) is 22.5 Å². The maximum absolute atomic E-state index is 12.1. The molecular formula is C15H18N4O3S2. The zero-order chi connectivity index (χ0) is 16.9. The van der Waals surface area contributed by atoms with Gasteiger partial charge in [-0.15, -0.1) is 10.2 Å². The fourth-order valence-electron chi connectivity index (χ4n) is 2.19. The van der Waals surface area contributed by atoms with Gasteiger partial charge in [0, 0.05) is 7.05 Å². The van der Waals surface area contributed by atoms with Crippen molar-refractivity contribution in [2.45, 2.75) is 17.3 Å². The van der Waals surface area contributed by atoms with Crippen molar-refractivity contribution < 1.29 is 14.3 Å². The molecule has 0 saturated heterocycles. The van der Waals surface area contributed by atoms with Crippen LogP contribution in [0.2, 0.25) is 0 Å². The molecule has 9 heteroatoms. The van der Waals surface area contributed by atoms with Crippen LogP contribution in [-0.2, 0) is 4.79 Å². The van der Waals surface area contributed by atoms with Crippen LogP contribution in [-0.4, -0.2) is 42.1 Å². The van der Waals surface area contributed by atoms with Crippen LogP contribution in [0, 0.1) is 0 Å². The van der Waals surface area contributed by atoms with Gasteiger partial charge in [0.05, 0.1) is 11.8 Å². The topological polar surface area (TPSA) is 85.4 Å². The lowest BCUT2D eigenvalue weighted by molar-refractivity contribution is -0.119. The number of hydrogen-bond acceptors (Lipinski definition) is 8. The first-order valence-corrected chi connectivity index (χ1v) is 9.29. The minimum Gasteiger partial charge on any atom is -0.486 e. The number of rotatable bonds is 6. The van der Waals surface area contributed by atoms with Gasteiger partial charge >= 0.3 is 0 Å². The van der Waals surface area contributed by atoms with E-state index < -0.39 is 0 Å². The van der Waals surface area contributed by atoms with E-state index in [4.69, 9.17) is 9.47 Å². The molecule has 0 unspecified atom stereocenters. The Morgan fingerprint density at radius 3 is 2.88 bits per heavy atom. The molecule has 128 valence electrons. The first-order chi connectivity index (χ1) is 11.7. The molecule has 0 radical (unpaired) electrons. The van der Waals surface area contributed by atoms with Crippen molar-refractivity contribution in [1.82, 2.24) is 15.5 Å². The number of amides is 1. The van der Waals surface area contributed by atoms with Crippen molar-refractivity contribution in [2.75, 3.05) is 31.3 Å². The molecule has 1 amide bonds. The summed E-state index contributed by atoms with van der Waals surface area (Å²) >= 11 is 2.80. The molecule has 2 heterocycles. The molecule has 1 aromatic heterocycles.